The lowest BCUT2D eigenvalue weighted by atomic mass is 9.84. The third-order valence-corrected chi connectivity index (χ3v) is 4.19. The van der Waals surface area contributed by atoms with Crippen LogP contribution in [0.25, 0.3) is 0 Å². The molecule has 1 heterocycles. The number of ketones is 1. The zero-order valence-corrected chi connectivity index (χ0v) is 11.9. The van der Waals surface area contributed by atoms with Gasteiger partial charge in [0, 0.05) is 16.5 Å². The Labute approximate surface area is 118 Å². The van der Waals surface area contributed by atoms with E-state index < -0.39 is 5.54 Å². The monoisotopic (exact) mass is 285 g/mol. The second-order valence-electron chi connectivity index (χ2n) is 5.05. The van der Waals surface area contributed by atoms with Gasteiger partial charge in [0.1, 0.15) is 0 Å². The smallest absolute Gasteiger partial charge is 0.156 e. The van der Waals surface area contributed by atoms with Crippen LogP contribution in [0.2, 0.25) is 10.0 Å². The topological polar surface area (TPSA) is 29.1 Å². The first-order valence-corrected chi connectivity index (χ1v) is 6.99. The predicted octanol–water partition coefficient (Wildman–Crippen LogP) is 3.64. The summed E-state index contributed by atoms with van der Waals surface area (Å²) < 4.78 is 0. The van der Waals surface area contributed by atoms with Gasteiger partial charge in [0.15, 0.2) is 5.78 Å². The number of halogens is 2. The van der Waals surface area contributed by atoms with Crippen molar-refractivity contribution in [3.63, 3.8) is 0 Å². The van der Waals surface area contributed by atoms with Crippen LogP contribution in [0.1, 0.15) is 31.7 Å². The number of nitrogens with one attached hydrogen (secondary N) is 1. The molecule has 1 N–H and O–H groups in total. The lowest BCUT2D eigenvalue weighted by Crippen LogP contribution is -2.52. The Hall–Kier alpha value is -0.570. The second-order valence-corrected chi connectivity index (χ2v) is 5.90. The molecule has 1 aliphatic rings. The Morgan fingerprint density at radius 3 is 2.78 bits per heavy atom. The molecule has 4 heteroatoms. The molecule has 0 amide bonds. The normalized spacial score (nSPS) is 23.9. The number of benzene rings is 1. The standard InChI is InChI=1S/C14H17Cl2NO/c1-14(6-2-3-7-17-14)13(18)8-10-4-5-11(15)9-12(10)16/h4-5,9,17H,2-3,6-8H2,1H3. The van der Waals surface area contributed by atoms with Crippen LogP contribution in [0.5, 0.6) is 0 Å². The molecular weight excluding hydrogens is 269 g/mol. The maximum Gasteiger partial charge on any atom is 0.156 e. The van der Waals surface area contributed by atoms with Gasteiger partial charge < -0.3 is 5.32 Å². The SMILES string of the molecule is CC1(C(=O)Cc2ccc(Cl)cc2Cl)CCCCN1. The summed E-state index contributed by atoms with van der Waals surface area (Å²) in [6.45, 7) is 2.90. The van der Waals surface area contributed by atoms with Crippen LogP contribution >= 0.6 is 23.2 Å². The van der Waals surface area contributed by atoms with Gasteiger partial charge in [-0.2, -0.15) is 0 Å². The van der Waals surface area contributed by atoms with E-state index in [0.29, 0.717) is 16.5 Å². The fourth-order valence-electron chi connectivity index (χ4n) is 2.33. The third-order valence-electron chi connectivity index (χ3n) is 3.60. The van der Waals surface area contributed by atoms with Crippen LogP contribution in [0.3, 0.4) is 0 Å². The zero-order chi connectivity index (χ0) is 13.2. The number of carbonyl (C=O) groups excluding carboxylic acids is 1. The van der Waals surface area contributed by atoms with Crippen molar-refractivity contribution < 1.29 is 4.79 Å². The van der Waals surface area contributed by atoms with Gasteiger partial charge >= 0.3 is 0 Å². The molecule has 0 aromatic heterocycles. The van der Waals surface area contributed by atoms with Crippen molar-refractivity contribution in [2.75, 3.05) is 6.54 Å². The quantitative estimate of drug-likeness (QED) is 0.919. The summed E-state index contributed by atoms with van der Waals surface area (Å²) in [4.78, 5) is 12.4. The molecule has 0 saturated carbocycles. The Kier molecular flexibility index (Phi) is 4.31. The van der Waals surface area contributed by atoms with E-state index in [-0.39, 0.29) is 5.78 Å². The minimum Gasteiger partial charge on any atom is -0.305 e. The molecule has 0 aliphatic carbocycles. The fourth-order valence-corrected chi connectivity index (χ4v) is 2.80. The van der Waals surface area contributed by atoms with Crippen molar-refractivity contribution in [3.05, 3.63) is 33.8 Å². The number of hydrogen-bond donors (Lipinski definition) is 1. The number of rotatable bonds is 3. The summed E-state index contributed by atoms with van der Waals surface area (Å²) in [5.74, 6) is 0.200. The van der Waals surface area contributed by atoms with Crippen LogP contribution in [0, 0.1) is 0 Å². The maximum absolute atomic E-state index is 12.4. The van der Waals surface area contributed by atoms with E-state index in [2.05, 4.69) is 5.32 Å². The van der Waals surface area contributed by atoms with Crippen molar-refractivity contribution in [3.8, 4) is 0 Å². The summed E-state index contributed by atoms with van der Waals surface area (Å²) in [7, 11) is 0. The van der Waals surface area contributed by atoms with Gasteiger partial charge in [0.05, 0.1) is 5.54 Å². The average Bonchev–Trinajstić information content (AvgIpc) is 2.33. The average molecular weight is 286 g/mol. The Balaban J connectivity index is 2.11. The molecule has 1 fully saturated rings. The van der Waals surface area contributed by atoms with Crippen LogP contribution in [0.15, 0.2) is 18.2 Å². The van der Waals surface area contributed by atoms with E-state index in [1.165, 1.54) is 0 Å². The Morgan fingerprint density at radius 1 is 1.39 bits per heavy atom. The molecular formula is C14H17Cl2NO. The third kappa shape index (κ3) is 3.05. The van der Waals surface area contributed by atoms with Gasteiger partial charge in [-0.25, -0.2) is 0 Å². The van der Waals surface area contributed by atoms with Crippen LogP contribution < -0.4 is 5.32 Å². The lowest BCUT2D eigenvalue weighted by molar-refractivity contribution is -0.125. The molecule has 2 nitrogen and oxygen atoms in total. The van der Waals surface area contributed by atoms with Crippen LogP contribution in [-0.2, 0) is 11.2 Å². The molecule has 1 atom stereocenters. The predicted molar refractivity (Wildman–Crippen MR) is 75.4 cm³/mol. The van der Waals surface area contributed by atoms with Crippen molar-refractivity contribution in [2.45, 2.75) is 38.1 Å². The van der Waals surface area contributed by atoms with Crippen molar-refractivity contribution in [2.24, 2.45) is 0 Å². The minimum atomic E-state index is -0.402. The first-order valence-electron chi connectivity index (χ1n) is 6.23. The zero-order valence-electron chi connectivity index (χ0n) is 10.4. The molecule has 1 aromatic rings. The Morgan fingerprint density at radius 2 is 2.17 bits per heavy atom. The van der Waals surface area contributed by atoms with Crippen molar-refractivity contribution in [1.29, 1.82) is 0 Å². The van der Waals surface area contributed by atoms with Crippen LogP contribution in [-0.4, -0.2) is 17.9 Å². The molecule has 0 spiro atoms. The van der Waals surface area contributed by atoms with Crippen molar-refractivity contribution in [1.82, 2.24) is 5.32 Å². The summed E-state index contributed by atoms with van der Waals surface area (Å²) >= 11 is 11.9. The molecule has 2 rings (SSSR count). The Bertz CT molecular complexity index is 453. The molecule has 0 radical (unpaired) electrons. The number of carbonyl (C=O) groups is 1. The second kappa shape index (κ2) is 5.60. The highest BCUT2D eigenvalue weighted by Crippen LogP contribution is 2.25. The van der Waals surface area contributed by atoms with E-state index in [0.717, 1.165) is 31.4 Å². The van der Waals surface area contributed by atoms with E-state index in [1.807, 2.05) is 13.0 Å². The summed E-state index contributed by atoms with van der Waals surface area (Å²) in [6, 6.07) is 5.28. The van der Waals surface area contributed by atoms with Gasteiger partial charge in [-0.1, -0.05) is 29.3 Å². The lowest BCUT2D eigenvalue weighted by Gasteiger charge is -2.33. The summed E-state index contributed by atoms with van der Waals surface area (Å²) in [5, 5.41) is 4.49. The van der Waals surface area contributed by atoms with E-state index in [9.17, 15) is 4.79 Å². The molecule has 98 valence electrons. The highest BCUT2D eigenvalue weighted by atomic mass is 35.5. The largest absolute Gasteiger partial charge is 0.305 e. The van der Waals surface area contributed by atoms with Crippen molar-refractivity contribution >= 4 is 29.0 Å². The summed E-state index contributed by atoms with van der Waals surface area (Å²) in [5.41, 5.74) is 0.445. The van der Waals surface area contributed by atoms with Gasteiger partial charge in [-0.3, -0.25) is 4.79 Å². The number of hydrogen-bond acceptors (Lipinski definition) is 2. The minimum absolute atomic E-state index is 0.200. The molecule has 18 heavy (non-hydrogen) atoms. The highest BCUT2D eigenvalue weighted by Gasteiger charge is 2.33. The molecule has 1 unspecified atom stereocenters. The van der Waals surface area contributed by atoms with E-state index in [1.54, 1.807) is 12.1 Å². The fraction of sp³-hybridized carbons (Fsp3) is 0.500. The first kappa shape index (κ1) is 13.9. The van der Waals surface area contributed by atoms with Gasteiger partial charge in [-0.05, 0) is 50.4 Å². The first-order chi connectivity index (χ1) is 8.51. The molecule has 1 aliphatic heterocycles. The molecule has 0 bridgehead atoms. The van der Waals surface area contributed by atoms with E-state index in [4.69, 9.17) is 23.2 Å². The van der Waals surface area contributed by atoms with E-state index >= 15 is 0 Å². The number of piperidine rings is 1. The van der Waals surface area contributed by atoms with Gasteiger partial charge in [0.2, 0.25) is 0 Å². The van der Waals surface area contributed by atoms with Gasteiger partial charge in [0.25, 0.3) is 0 Å². The number of Topliss-reactive ketones (excluding diaryl/α,β-unsaturated/α-hetero) is 1. The van der Waals surface area contributed by atoms with Gasteiger partial charge in [-0.15, -0.1) is 0 Å². The van der Waals surface area contributed by atoms with Crippen LogP contribution in [0.4, 0.5) is 0 Å². The molecule has 1 aromatic carbocycles. The summed E-state index contributed by atoms with van der Waals surface area (Å²) in [6.07, 6.45) is 3.50. The maximum atomic E-state index is 12.4. The highest BCUT2D eigenvalue weighted by molar-refractivity contribution is 6.35. The molecule has 1 saturated heterocycles.